The Bertz CT molecular complexity index is 413. The number of halogens is 1. The molecule has 1 rings (SSSR count). The number of anilines is 2. The largest absolute Gasteiger partial charge is 0.397 e. The van der Waals surface area contributed by atoms with E-state index in [4.69, 9.17) is 17.3 Å². The number of nitrogens with one attached hydrogen (secondary N) is 2. The molecular formula is C12H18ClN3O. The van der Waals surface area contributed by atoms with Gasteiger partial charge in [0.05, 0.1) is 17.9 Å². The van der Waals surface area contributed by atoms with Gasteiger partial charge in [0.1, 0.15) is 0 Å². The summed E-state index contributed by atoms with van der Waals surface area (Å²) in [4.78, 5) is 11.6. The van der Waals surface area contributed by atoms with Gasteiger partial charge in [-0.25, -0.2) is 0 Å². The zero-order chi connectivity index (χ0) is 13.1. The second kappa shape index (κ2) is 5.27. The Hall–Kier alpha value is -1.42. The van der Waals surface area contributed by atoms with Crippen LogP contribution in [0.1, 0.15) is 20.8 Å². The Morgan fingerprint density at radius 2 is 2.06 bits per heavy atom. The summed E-state index contributed by atoms with van der Waals surface area (Å²) >= 11 is 5.84. The third-order valence-corrected chi connectivity index (χ3v) is 2.20. The van der Waals surface area contributed by atoms with Crippen molar-refractivity contribution < 1.29 is 4.79 Å². The van der Waals surface area contributed by atoms with Crippen LogP contribution in [0.2, 0.25) is 5.02 Å². The monoisotopic (exact) mass is 255 g/mol. The van der Waals surface area contributed by atoms with E-state index in [0.717, 1.165) is 0 Å². The van der Waals surface area contributed by atoms with Crippen LogP contribution in [0.5, 0.6) is 0 Å². The van der Waals surface area contributed by atoms with Crippen molar-refractivity contribution in [1.82, 2.24) is 5.32 Å². The summed E-state index contributed by atoms with van der Waals surface area (Å²) in [6, 6.07) is 5.10. The summed E-state index contributed by atoms with van der Waals surface area (Å²) in [6.07, 6.45) is 0. The van der Waals surface area contributed by atoms with Gasteiger partial charge >= 0.3 is 0 Å². The molecule has 4 nitrogen and oxygen atoms in total. The standard InChI is InChI=1S/C12H18ClN3O/c1-12(2,3)16-11(17)7-15-10-6-8(13)4-5-9(10)14/h4-6,15H,7,14H2,1-3H3,(H,16,17). The molecule has 0 bridgehead atoms. The molecule has 0 heterocycles. The first-order valence-corrected chi connectivity index (χ1v) is 5.75. The molecule has 4 N–H and O–H groups in total. The van der Waals surface area contributed by atoms with Crippen molar-refractivity contribution in [2.24, 2.45) is 0 Å². The summed E-state index contributed by atoms with van der Waals surface area (Å²) in [6.45, 7) is 5.96. The molecule has 0 unspecified atom stereocenters. The molecule has 1 amide bonds. The Morgan fingerprint density at radius 1 is 1.41 bits per heavy atom. The van der Waals surface area contributed by atoms with Crippen LogP contribution in [0.25, 0.3) is 0 Å². The summed E-state index contributed by atoms with van der Waals surface area (Å²) < 4.78 is 0. The van der Waals surface area contributed by atoms with E-state index < -0.39 is 0 Å². The number of carbonyl (C=O) groups excluding carboxylic acids is 1. The van der Waals surface area contributed by atoms with Gasteiger partial charge in [-0.1, -0.05) is 11.6 Å². The van der Waals surface area contributed by atoms with Gasteiger partial charge < -0.3 is 16.4 Å². The van der Waals surface area contributed by atoms with Crippen LogP contribution in [0.4, 0.5) is 11.4 Å². The smallest absolute Gasteiger partial charge is 0.239 e. The molecule has 1 aromatic rings. The molecular weight excluding hydrogens is 238 g/mol. The second-order valence-electron chi connectivity index (χ2n) is 4.88. The number of nitrogens with two attached hydrogens (primary N) is 1. The van der Waals surface area contributed by atoms with Crippen LogP contribution in [0, 0.1) is 0 Å². The van der Waals surface area contributed by atoms with Crippen LogP contribution in [0.3, 0.4) is 0 Å². The predicted octanol–water partition coefficient (Wildman–Crippen LogP) is 2.25. The van der Waals surface area contributed by atoms with E-state index in [0.29, 0.717) is 16.4 Å². The average molecular weight is 256 g/mol. The normalized spacial score (nSPS) is 11.1. The molecule has 0 saturated carbocycles. The Labute approximate surface area is 107 Å². The van der Waals surface area contributed by atoms with Crippen molar-refractivity contribution in [2.75, 3.05) is 17.6 Å². The van der Waals surface area contributed by atoms with Gasteiger partial charge in [-0.05, 0) is 39.0 Å². The topological polar surface area (TPSA) is 67.2 Å². The molecule has 0 radical (unpaired) electrons. The van der Waals surface area contributed by atoms with Crippen molar-refractivity contribution in [2.45, 2.75) is 26.3 Å². The van der Waals surface area contributed by atoms with Crippen LogP contribution in [-0.4, -0.2) is 18.0 Å². The van der Waals surface area contributed by atoms with Gasteiger partial charge in [-0.2, -0.15) is 0 Å². The van der Waals surface area contributed by atoms with E-state index in [-0.39, 0.29) is 18.0 Å². The van der Waals surface area contributed by atoms with E-state index in [1.165, 1.54) is 0 Å². The van der Waals surface area contributed by atoms with Gasteiger partial charge in [0, 0.05) is 10.6 Å². The third-order valence-electron chi connectivity index (χ3n) is 1.97. The highest BCUT2D eigenvalue weighted by Gasteiger charge is 2.13. The first-order valence-electron chi connectivity index (χ1n) is 5.38. The highest BCUT2D eigenvalue weighted by atomic mass is 35.5. The Balaban J connectivity index is 2.56. The second-order valence-corrected chi connectivity index (χ2v) is 5.32. The van der Waals surface area contributed by atoms with Crippen molar-refractivity contribution >= 4 is 28.9 Å². The van der Waals surface area contributed by atoms with E-state index in [9.17, 15) is 4.79 Å². The number of amides is 1. The maximum Gasteiger partial charge on any atom is 0.239 e. The molecule has 0 fully saturated rings. The fourth-order valence-electron chi connectivity index (χ4n) is 1.32. The molecule has 0 aliphatic heterocycles. The van der Waals surface area contributed by atoms with Gasteiger partial charge in [0.2, 0.25) is 5.91 Å². The quantitative estimate of drug-likeness (QED) is 0.726. The molecule has 5 heteroatoms. The van der Waals surface area contributed by atoms with Crippen molar-refractivity contribution in [1.29, 1.82) is 0 Å². The molecule has 17 heavy (non-hydrogen) atoms. The van der Waals surface area contributed by atoms with E-state index in [1.807, 2.05) is 20.8 Å². The fourth-order valence-corrected chi connectivity index (χ4v) is 1.49. The number of nitrogen functional groups attached to an aromatic ring is 1. The first kappa shape index (κ1) is 13.6. The first-order chi connectivity index (χ1) is 7.78. The lowest BCUT2D eigenvalue weighted by Crippen LogP contribution is -2.43. The average Bonchev–Trinajstić information content (AvgIpc) is 2.17. The molecule has 0 aromatic heterocycles. The van der Waals surface area contributed by atoms with Crippen LogP contribution < -0.4 is 16.4 Å². The lowest BCUT2D eigenvalue weighted by Gasteiger charge is -2.21. The maximum atomic E-state index is 11.6. The number of hydrogen-bond acceptors (Lipinski definition) is 3. The molecule has 1 aromatic carbocycles. The summed E-state index contributed by atoms with van der Waals surface area (Å²) in [7, 11) is 0. The highest BCUT2D eigenvalue weighted by Crippen LogP contribution is 2.22. The third kappa shape index (κ3) is 4.95. The zero-order valence-electron chi connectivity index (χ0n) is 10.3. The van der Waals surface area contributed by atoms with E-state index in [2.05, 4.69) is 10.6 Å². The maximum absolute atomic E-state index is 11.6. The molecule has 94 valence electrons. The Kier molecular flexibility index (Phi) is 4.23. The Morgan fingerprint density at radius 3 is 2.65 bits per heavy atom. The number of hydrogen-bond donors (Lipinski definition) is 3. The zero-order valence-corrected chi connectivity index (χ0v) is 11.1. The fraction of sp³-hybridized carbons (Fsp3) is 0.417. The van der Waals surface area contributed by atoms with Gasteiger partial charge in [0.25, 0.3) is 0 Å². The molecule has 0 spiro atoms. The van der Waals surface area contributed by atoms with Gasteiger partial charge in [0.15, 0.2) is 0 Å². The minimum atomic E-state index is -0.237. The van der Waals surface area contributed by atoms with Gasteiger partial charge in [-0.3, -0.25) is 4.79 Å². The minimum absolute atomic E-state index is 0.0862. The molecule has 0 saturated heterocycles. The lowest BCUT2D eigenvalue weighted by atomic mass is 10.1. The van der Waals surface area contributed by atoms with Crippen molar-refractivity contribution in [3.8, 4) is 0 Å². The molecule has 0 aliphatic rings. The lowest BCUT2D eigenvalue weighted by molar-refractivity contribution is -0.120. The summed E-state index contributed by atoms with van der Waals surface area (Å²) in [5.41, 5.74) is 6.75. The molecule has 0 atom stereocenters. The van der Waals surface area contributed by atoms with E-state index in [1.54, 1.807) is 18.2 Å². The van der Waals surface area contributed by atoms with E-state index >= 15 is 0 Å². The number of rotatable bonds is 3. The van der Waals surface area contributed by atoms with Crippen molar-refractivity contribution in [3.63, 3.8) is 0 Å². The van der Waals surface area contributed by atoms with Crippen LogP contribution in [-0.2, 0) is 4.79 Å². The highest BCUT2D eigenvalue weighted by molar-refractivity contribution is 6.31. The van der Waals surface area contributed by atoms with Crippen LogP contribution in [0.15, 0.2) is 18.2 Å². The minimum Gasteiger partial charge on any atom is -0.397 e. The van der Waals surface area contributed by atoms with Crippen molar-refractivity contribution in [3.05, 3.63) is 23.2 Å². The predicted molar refractivity (Wildman–Crippen MR) is 72.2 cm³/mol. The van der Waals surface area contributed by atoms with Gasteiger partial charge in [-0.15, -0.1) is 0 Å². The summed E-state index contributed by atoms with van der Waals surface area (Å²) in [5, 5.41) is 6.38. The molecule has 0 aliphatic carbocycles. The SMILES string of the molecule is CC(C)(C)NC(=O)CNc1cc(Cl)ccc1N. The van der Waals surface area contributed by atoms with Crippen LogP contribution >= 0.6 is 11.6 Å². The summed E-state index contributed by atoms with van der Waals surface area (Å²) in [5.74, 6) is -0.0862. The number of benzene rings is 1. The number of carbonyl (C=O) groups is 1.